The van der Waals surface area contributed by atoms with E-state index in [9.17, 15) is 4.79 Å². The summed E-state index contributed by atoms with van der Waals surface area (Å²) < 4.78 is 5.32. The zero-order valence-corrected chi connectivity index (χ0v) is 8.00. The molecule has 14 heavy (non-hydrogen) atoms. The highest BCUT2D eigenvalue weighted by molar-refractivity contribution is 5.88. The molecule has 0 unspecified atom stereocenters. The van der Waals surface area contributed by atoms with Gasteiger partial charge >= 0.3 is 6.01 Å². The zero-order valence-electron chi connectivity index (χ0n) is 8.00. The van der Waals surface area contributed by atoms with Crippen LogP contribution >= 0.6 is 0 Å². The highest BCUT2D eigenvalue weighted by Crippen LogP contribution is 2.19. The summed E-state index contributed by atoms with van der Waals surface area (Å²) in [4.78, 5) is 14.8. The van der Waals surface area contributed by atoms with Crippen molar-refractivity contribution >= 4 is 23.0 Å². The first kappa shape index (κ1) is 8.74. The van der Waals surface area contributed by atoms with Crippen LogP contribution in [0.25, 0.3) is 11.1 Å². The van der Waals surface area contributed by atoms with Gasteiger partial charge in [0.2, 0.25) is 5.91 Å². The van der Waals surface area contributed by atoms with Crippen LogP contribution < -0.4 is 5.32 Å². The van der Waals surface area contributed by atoms with Gasteiger partial charge in [-0.1, -0.05) is 6.07 Å². The fourth-order valence-corrected chi connectivity index (χ4v) is 1.24. The van der Waals surface area contributed by atoms with Crippen LogP contribution in [0.3, 0.4) is 0 Å². The molecule has 72 valence electrons. The van der Waals surface area contributed by atoms with Gasteiger partial charge in [-0.3, -0.25) is 10.1 Å². The van der Waals surface area contributed by atoms with Gasteiger partial charge in [0.1, 0.15) is 5.52 Å². The van der Waals surface area contributed by atoms with E-state index in [-0.39, 0.29) is 11.9 Å². The lowest BCUT2D eigenvalue weighted by Crippen LogP contribution is -2.05. The Bertz CT molecular complexity index is 488. The van der Waals surface area contributed by atoms with E-state index in [1.807, 2.05) is 25.1 Å². The molecule has 2 aromatic rings. The smallest absolute Gasteiger partial charge is 0.302 e. The monoisotopic (exact) mass is 190 g/mol. The third-order valence-corrected chi connectivity index (χ3v) is 1.83. The van der Waals surface area contributed by atoms with Crippen LogP contribution in [0.15, 0.2) is 22.6 Å². The Kier molecular flexibility index (Phi) is 1.96. The van der Waals surface area contributed by atoms with Crippen LogP contribution in [0.2, 0.25) is 0 Å². The largest absolute Gasteiger partial charge is 0.423 e. The number of aromatic nitrogens is 1. The van der Waals surface area contributed by atoms with E-state index >= 15 is 0 Å². The molecule has 0 fully saturated rings. The first-order valence-corrected chi connectivity index (χ1v) is 4.30. The summed E-state index contributed by atoms with van der Waals surface area (Å²) in [6.45, 7) is 3.39. The number of fused-ring (bicyclic) bond motifs is 1. The predicted molar refractivity (Wildman–Crippen MR) is 53.0 cm³/mol. The van der Waals surface area contributed by atoms with E-state index < -0.39 is 0 Å². The number of rotatable bonds is 1. The second-order valence-electron chi connectivity index (χ2n) is 3.17. The topological polar surface area (TPSA) is 55.1 Å². The van der Waals surface area contributed by atoms with Gasteiger partial charge in [0, 0.05) is 6.92 Å². The fourth-order valence-electron chi connectivity index (χ4n) is 1.24. The maximum Gasteiger partial charge on any atom is 0.302 e. The van der Waals surface area contributed by atoms with Crippen molar-refractivity contribution in [3.8, 4) is 0 Å². The van der Waals surface area contributed by atoms with Crippen LogP contribution in [0.4, 0.5) is 6.01 Å². The molecule has 0 atom stereocenters. The SMILES string of the molecule is CC(=O)Nc1nc2ccc(C)cc2o1. The second-order valence-corrected chi connectivity index (χ2v) is 3.17. The summed E-state index contributed by atoms with van der Waals surface area (Å²) in [5.41, 5.74) is 2.54. The molecular formula is C10H10N2O2. The van der Waals surface area contributed by atoms with Crippen LogP contribution in [-0.2, 0) is 4.79 Å². The third-order valence-electron chi connectivity index (χ3n) is 1.83. The van der Waals surface area contributed by atoms with E-state index in [4.69, 9.17) is 4.42 Å². The van der Waals surface area contributed by atoms with Crippen LogP contribution in [-0.4, -0.2) is 10.9 Å². The molecule has 0 bridgehead atoms. The third kappa shape index (κ3) is 1.59. The number of carbonyl (C=O) groups is 1. The summed E-state index contributed by atoms with van der Waals surface area (Å²) >= 11 is 0. The maximum absolute atomic E-state index is 10.7. The number of hydrogen-bond donors (Lipinski definition) is 1. The van der Waals surface area contributed by atoms with Crippen molar-refractivity contribution in [2.45, 2.75) is 13.8 Å². The van der Waals surface area contributed by atoms with Crippen molar-refractivity contribution in [2.24, 2.45) is 0 Å². The number of oxazole rings is 1. The Morgan fingerprint density at radius 2 is 2.29 bits per heavy atom. The summed E-state index contributed by atoms with van der Waals surface area (Å²) in [5.74, 6) is -0.187. The predicted octanol–water partition coefficient (Wildman–Crippen LogP) is 2.09. The number of amides is 1. The molecule has 0 saturated carbocycles. The molecule has 2 rings (SSSR count). The van der Waals surface area contributed by atoms with Crippen molar-refractivity contribution in [1.29, 1.82) is 0 Å². The quantitative estimate of drug-likeness (QED) is 0.749. The minimum Gasteiger partial charge on any atom is -0.423 e. The molecule has 1 N–H and O–H groups in total. The van der Waals surface area contributed by atoms with Crippen molar-refractivity contribution in [1.82, 2.24) is 4.98 Å². The van der Waals surface area contributed by atoms with Gasteiger partial charge in [-0.05, 0) is 24.6 Å². The fraction of sp³-hybridized carbons (Fsp3) is 0.200. The van der Waals surface area contributed by atoms with Crippen molar-refractivity contribution in [3.05, 3.63) is 23.8 Å². The van der Waals surface area contributed by atoms with Crippen LogP contribution in [0.5, 0.6) is 0 Å². The molecule has 0 aliphatic carbocycles. The van der Waals surface area contributed by atoms with Gasteiger partial charge in [0.25, 0.3) is 0 Å². The molecule has 4 nitrogen and oxygen atoms in total. The number of nitrogens with one attached hydrogen (secondary N) is 1. The standard InChI is InChI=1S/C10H10N2O2/c1-6-3-4-8-9(5-6)14-10(12-8)11-7(2)13/h3-5H,1-2H3,(H,11,12,13). The molecule has 1 amide bonds. The number of nitrogens with zero attached hydrogens (tertiary/aromatic N) is 1. The van der Waals surface area contributed by atoms with Gasteiger partial charge in [-0.2, -0.15) is 4.98 Å². The number of anilines is 1. The Balaban J connectivity index is 2.46. The Morgan fingerprint density at radius 3 is 3.00 bits per heavy atom. The first-order chi connectivity index (χ1) is 6.65. The molecule has 0 aliphatic heterocycles. The van der Waals surface area contributed by atoms with Gasteiger partial charge in [0.15, 0.2) is 5.58 Å². The second kappa shape index (κ2) is 3.14. The summed E-state index contributed by atoms with van der Waals surface area (Å²) in [6, 6.07) is 5.94. The summed E-state index contributed by atoms with van der Waals surface area (Å²) in [7, 11) is 0. The van der Waals surface area contributed by atoms with E-state index in [1.54, 1.807) is 0 Å². The molecule has 1 aromatic heterocycles. The van der Waals surface area contributed by atoms with E-state index in [0.717, 1.165) is 11.1 Å². The van der Waals surface area contributed by atoms with Gasteiger partial charge in [0.05, 0.1) is 0 Å². The molecule has 0 saturated heterocycles. The minimum atomic E-state index is -0.187. The van der Waals surface area contributed by atoms with E-state index in [0.29, 0.717) is 5.58 Å². The van der Waals surface area contributed by atoms with E-state index in [2.05, 4.69) is 10.3 Å². The Morgan fingerprint density at radius 1 is 1.50 bits per heavy atom. The Hall–Kier alpha value is -1.84. The van der Waals surface area contributed by atoms with Crippen molar-refractivity contribution in [3.63, 3.8) is 0 Å². The van der Waals surface area contributed by atoms with Gasteiger partial charge in [-0.15, -0.1) is 0 Å². The molecule has 1 heterocycles. The van der Waals surface area contributed by atoms with Crippen molar-refractivity contribution in [2.75, 3.05) is 5.32 Å². The lowest BCUT2D eigenvalue weighted by molar-refractivity contribution is -0.114. The highest BCUT2D eigenvalue weighted by Gasteiger charge is 2.05. The average molecular weight is 190 g/mol. The number of hydrogen-bond acceptors (Lipinski definition) is 3. The van der Waals surface area contributed by atoms with Crippen molar-refractivity contribution < 1.29 is 9.21 Å². The lowest BCUT2D eigenvalue weighted by Gasteiger charge is -1.90. The van der Waals surface area contributed by atoms with Crippen LogP contribution in [0.1, 0.15) is 12.5 Å². The molecule has 0 spiro atoms. The van der Waals surface area contributed by atoms with E-state index in [1.165, 1.54) is 6.92 Å². The number of carbonyl (C=O) groups excluding carboxylic acids is 1. The summed E-state index contributed by atoms with van der Waals surface area (Å²) in [6.07, 6.45) is 0. The number of aryl methyl sites for hydroxylation is 1. The van der Waals surface area contributed by atoms with Gasteiger partial charge < -0.3 is 4.42 Å². The van der Waals surface area contributed by atoms with Crippen LogP contribution in [0, 0.1) is 6.92 Å². The number of benzene rings is 1. The summed E-state index contributed by atoms with van der Waals surface area (Å²) in [5, 5.41) is 2.50. The minimum absolute atomic E-state index is 0.187. The lowest BCUT2D eigenvalue weighted by atomic mass is 10.2. The van der Waals surface area contributed by atoms with Gasteiger partial charge in [-0.25, -0.2) is 0 Å². The molecular weight excluding hydrogens is 180 g/mol. The average Bonchev–Trinajstić information content (AvgIpc) is 2.44. The molecule has 4 heteroatoms. The highest BCUT2D eigenvalue weighted by atomic mass is 16.4. The maximum atomic E-state index is 10.7. The zero-order chi connectivity index (χ0) is 10.1. The first-order valence-electron chi connectivity index (χ1n) is 4.30. The Labute approximate surface area is 80.9 Å². The molecule has 1 aromatic carbocycles. The molecule has 0 aliphatic rings. The molecule has 0 radical (unpaired) electrons. The normalized spacial score (nSPS) is 10.4.